The summed E-state index contributed by atoms with van der Waals surface area (Å²) in [7, 11) is 0. The average molecular weight is 182 g/mol. The van der Waals surface area contributed by atoms with Crippen LogP contribution in [0, 0.1) is 0 Å². The zero-order chi connectivity index (χ0) is 9.84. The van der Waals surface area contributed by atoms with Gasteiger partial charge >= 0.3 is 0 Å². The molecule has 1 atom stereocenters. The highest BCUT2D eigenvalue weighted by Gasteiger charge is 2.20. The van der Waals surface area contributed by atoms with Crippen LogP contribution in [0.4, 0.5) is 0 Å². The lowest BCUT2D eigenvalue weighted by Crippen LogP contribution is -2.45. The number of carbonyl (C=O) groups is 1. The summed E-state index contributed by atoms with van der Waals surface area (Å²) in [5.74, 6) is 0.0891. The van der Waals surface area contributed by atoms with Gasteiger partial charge in [0.15, 0.2) is 0 Å². The minimum Gasteiger partial charge on any atom is -0.337 e. The fourth-order valence-electron chi connectivity index (χ4n) is 1.38. The molecule has 13 heavy (non-hydrogen) atoms. The van der Waals surface area contributed by atoms with Crippen molar-refractivity contribution in [3.05, 3.63) is 11.6 Å². The first-order valence-electron chi connectivity index (χ1n) is 4.85. The Hall–Kier alpha value is -0.830. The van der Waals surface area contributed by atoms with E-state index in [1.807, 2.05) is 11.8 Å². The molecule has 2 N–H and O–H groups in total. The normalized spacial score (nSPS) is 19.6. The Morgan fingerprint density at radius 1 is 1.77 bits per heavy atom. The van der Waals surface area contributed by atoms with Gasteiger partial charge in [-0.1, -0.05) is 18.6 Å². The molecule has 0 saturated heterocycles. The third-order valence-corrected chi connectivity index (χ3v) is 2.50. The first-order chi connectivity index (χ1) is 6.15. The van der Waals surface area contributed by atoms with Crippen LogP contribution in [0.15, 0.2) is 11.6 Å². The summed E-state index contributed by atoms with van der Waals surface area (Å²) in [5, 5.41) is 0. The summed E-state index contributed by atoms with van der Waals surface area (Å²) in [6.07, 6.45) is 3.81. The Kier molecular flexibility index (Phi) is 3.48. The van der Waals surface area contributed by atoms with E-state index in [1.54, 1.807) is 0 Å². The topological polar surface area (TPSA) is 46.3 Å². The Morgan fingerprint density at radius 2 is 2.46 bits per heavy atom. The van der Waals surface area contributed by atoms with Crippen molar-refractivity contribution in [3.8, 4) is 0 Å². The van der Waals surface area contributed by atoms with Crippen molar-refractivity contribution in [2.75, 3.05) is 13.1 Å². The van der Waals surface area contributed by atoms with Crippen LogP contribution in [0.3, 0.4) is 0 Å². The summed E-state index contributed by atoms with van der Waals surface area (Å²) in [4.78, 5) is 13.4. The number of nitrogens with zero attached hydrogens (tertiary/aromatic N) is 1. The Morgan fingerprint density at radius 3 is 2.92 bits per heavy atom. The molecule has 0 aliphatic carbocycles. The third kappa shape index (κ3) is 2.56. The fraction of sp³-hybridized carbons (Fsp3) is 0.700. The predicted molar refractivity (Wildman–Crippen MR) is 53.2 cm³/mol. The van der Waals surface area contributed by atoms with Gasteiger partial charge in [-0.25, -0.2) is 0 Å². The van der Waals surface area contributed by atoms with Crippen molar-refractivity contribution in [2.45, 2.75) is 32.7 Å². The quantitative estimate of drug-likeness (QED) is 0.645. The molecule has 0 aromatic carbocycles. The number of nitrogens with two attached hydrogens (primary N) is 1. The summed E-state index contributed by atoms with van der Waals surface area (Å²) >= 11 is 0. The number of rotatable bonds is 2. The SMILES string of the molecule is CCC(N)C(=O)N1CC=C(C)CC1. The van der Waals surface area contributed by atoms with Gasteiger partial charge in [-0.3, -0.25) is 4.79 Å². The molecule has 1 aliphatic rings. The van der Waals surface area contributed by atoms with E-state index in [9.17, 15) is 4.79 Å². The molecule has 0 aromatic rings. The lowest BCUT2D eigenvalue weighted by atomic mass is 10.1. The van der Waals surface area contributed by atoms with Crippen molar-refractivity contribution >= 4 is 5.91 Å². The van der Waals surface area contributed by atoms with Crippen LogP contribution in [-0.2, 0) is 4.79 Å². The second kappa shape index (κ2) is 4.42. The molecule has 0 radical (unpaired) electrons. The molecule has 1 aliphatic heterocycles. The second-order valence-electron chi connectivity index (χ2n) is 3.60. The smallest absolute Gasteiger partial charge is 0.239 e. The van der Waals surface area contributed by atoms with E-state index in [2.05, 4.69) is 13.0 Å². The van der Waals surface area contributed by atoms with Crippen LogP contribution in [0.5, 0.6) is 0 Å². The molecular weight excluding hydrogens is 164 g/mol. The van der Waals surface area contributed by atoms with Gasteiger partial charge in [0.05, 0.1) is 6.04 Å². The summed E-state index contributed by atoms with van der Waals surface area (Å²) < 4.78 is 0. The van der Waals surface area contributed by atoms with E-state index in [1.165, 1.54) is 5.57 Å². The zero-order valence-electron chi connectivity index (χ0n) is 8.42. The van der Waals surface area contributed by atoms with Crippen molar-refractivity contribution in [1.82, 2.24) is 4.90 Å². The van der Waals surface area contributed by atoms with E-state index in [0.29, 0.717) is 0 Å². The average Bonchev–Trinajstić information content (AvgIpc) is 2.17. The number of hydrogen-bond acceptors (Lipinski definition) is 2. The first kappa shape index (κ1) is 10.3. The van der Waals surface area contributed by atoms with Gasteiger partial charge < -0.3 is 10.6 Å². The molecule has 3 heteroatoms. The summed E-state index contributed by atoms with van der Waals surface area (Å²) in [6, 6.07) is -0.313. The van der Waals surface area contributed by atoms with Crippen LogP contribution in [0.2, 0.25) is 0 Å². The minimum atomic E-state index is -0.313. The third-order valence-electron chi connectivity index (χ3n) is 2.50. The Labute approximate surface area is 79.6 Å². The highest BCUT2D eigenvalue weighted by atomic mass is 16.2. The predicted octanol–water partition coefficient (Wildman–Crippen LogP) is 0.902. The number of carbonyl (C=O) groups excluding carboxylic acids is 1. The van der Waals surface area contributed by atoms with Gasteiger partial charge in [0, 0.05) is 13.1 Å². The molecule has 1 rings (SSSR count). The highest BCUT2D eigenvalue weighted by Crippen LogP contribution is 2.10. The zero-order valence-corrected chi connectivity index (χ0v) is 8.42. The highest BCUT2D eigenvalue weighted by molar-refractivity contribution is 5.81. The molecule has 1 amide bonds. The summed E-state index contributed by atoms with van der Waals surface area (Å²) in [5.41, 5.74) is 7.04. The van der Waals surface area contributed by atoms with Crippen LogP contribution in [0.1, 0.15) is 26.7 Å². The molecule has 74 valence electrons. The maximum atomic E-state index is 11.6. The van der Waals surface area contributed by atoms with Crippen LogP contribution in [0.25, 0.3) is 0 Å². The number of hydrogen-bond donors (Lipinski definition) is 1. The molecule has 0 aromatic heterocycles. The van der Waals surface area contributed by atoms with Gasteiger partial charge in [0.2, 0.25) is 5.91 Å². The Balaban J connectivity index is 2.50. The van der Waals surface area contributed by atoms with Gasteiger partial charge in [-0.15, -0.1) is 0 Å². The molecule has 0 bridgehead atoms. The van der Waals surface area contributed by atoms with Gasteiger partial charge in [-0.2, -0.15) is 0 Å². The molecule has 0 spiro atoms. The van der Waals surface area contributed by atoms with E-state index < -0.39 is 0 Å². The largest absolute Gasteiger partial charge is 0.337 e. The molecule has 1 heterocycles. The van der Waals surface area contributed by atoms with Gasteiger partial charge in [-0.05, 0) is 19.8 Å². The minimum absolute atomic E-state index is 0.0891. The first-order valence-corrected chi connectivity index (χ1v) is 4.85. The fourth-order valence-corrected chi connectivity index (χ4v) is 1.38. The molecule has 1 unspecified atom stereocenters. The maximum Gasteiger partial charge on any atom is 0.239 e. The molecule has 0 saturated carbocycles. The lowest BCUT2D eigenvalue weighted by molar-refractivity contribution is -0.132. The van der Waals surface area contributed by atoms with Gasteiger partial charge in [0.25, 0.3) is 0 Å². The summed E-state index contributed by atoms with van der Waals surface area (Å²) in [6.45, 7) is 5.60. The Bertz CT molecular complexity index is 223. The second-order valence-corrected chi connectivity index (χ2v) is 3.60. The lowest BCUT2D eigenvalue weighted by Gasteiger charge is -2.27. The van der Waals surface area contributed by atoms with Crippen molar-refractivity contribution < 1.29 is 4.79 Å². The van der Waals surface area contributed by atoms with E-state index >= 15 is 0 Å². The molecular formula is C10H18N2O. The van der Waals surface area contributed by atoms with Crippen molar-refractivity contribution in [1.29, 1.82) is 0 Å². The van der Waals surface area contributed by atoms with Crippen LogP contribution in [-0.4, -0.2) is 29.9 Å². The van der Waals surface area contributed by atoms with E-state index in [4.69, 9.17) is 5.73 Å². The molecule has 0 fully saturated rings. The maximum absolute atomic E-state index is 11.6. The van der Waals surface area contributed by atoms with Crippen LogP contribution >= 0.6 is 0 Å². The standard InChI is InChI=1S/C10H18N2O/c1-3-9(11)10(13)12-6-4-8(2)5-7-12/h4,9H,3,5-7,11H2,1-2H3. The van der Waals surface area contributed by atoms with E-state index in [0.717, 1.165) is 25.9 Å². The molecule has 3 nitrogen and oxygen atoms in total. The number of amides is 1. The van der Waals surface area contributed by atoms with E-state index in [-0.39, 0.29) is 11.9 Å². The monoisotopic (exact) mass is 182 g/mol. The van der Waals surface area contributed by atoms with Crippen molar-refractivity contribution in [2.24, 2.45) is 5.73 Å². The van der Waals surface area contributed by atoms with Crippen molar-refractivity contribution in [3.63, 3.8) is 0 Å². The van der Waals surface area contributed by atoms with Crippen LogP contribution < -0.4 is 5.73 Å². The van der Waals surface area contributed by atoms with Gasteiger partial charge in [0.1, 0.15) is 0 Å².